The van der Waals surface area contributed by atoms with E-state index in [-0.39, 0.29) is 29.4 Å². The highest BCUT2D eigenvalue weighted by Crippen LogP contribution is 2.44. The van der Waals surface area contributed by atoms with E-state index in [2.05, 4.69) is 52.6 Å². The van der Waals surface area contributed by atoms with Crippen LogP contribution in [-0.4, -0.2) is 61.9 Å². The van der Waals surface area contributed by atoms with Gasteiger partial charge in [-0.25, -0.2) is 13.8 Å². The van der Waals surface area contributed by atoms with Crippen molar-refractivity contribution >= 4 is 34.6 Å². The van der Waals surface area contributed by atoms with Crippen LogP contribution >= 0.6 is 11.6 Å². The van der Waals surface area contributed by atoms with Crippen molar-refractivity contribution in [3.8, 4) is 5.75 Å². The smallest absolute Gasteiger partial charge is 0.222 e. The van der Waals surface area contributed by atoms with E-state index in [4.69, 9.17) is 16.3 Å². The monoisotopic (exact) mass is 557 g/mol. The molecule has 2 aliphatic heterocycles. The van der Waals surface area contributed by atoms with Gasteiger partial charge in [-0.1, -0.05) is 24.2 Å². The average Bonchev–Trinajstić information content (AvgIpc) is 2.86. The zero-order valence-corrected chi connectivity index (χ0v) is 24.4. The lowest BCUT2D eigenvalue weighted by molar-refractivity contribution is 0.103. The minimum absolute atomic E-state index is 0.0234. The van der Waals surface area contributed by atoms with Crippen LogP contribution in [0.3, 0.4) is 0 Å². The van der Waals surface area contributed by atoms with Crippen LogP contribution in [0.4, 0.5) is 20.2 Å². The molecule has 2 aromatic carbocycles. The highest BCUT2D eigenvalue weighted by Gasteiger charge is 2.35. The Hall–Kier alpha value is -2.97. The van der Waals surface area contributed by atoms with Crippen molar-refractivity contribution in [2.45, 2.75) is 58.1 Å². The van der Waals surface area contributed by atoms with Crippen LogP contribution in [0.15, 0.2) is 52.7 Å². The third-order valence-corrected chi connectivity index (χ3v) is 7.54. The number of benzene rings is 2. The Morgan fingerprint density at radius 3 is 2.49 bits per heavy atom. The van der Waals surface area contributed by atoms with Crippen LogP contribution in [0, 0.1) is 5.82 Å². The van der Waals surface area contributed by atoms with Gasteiger partial charge in [-0.3, -0.25) is 4.99 Å². The highest BCUT2D eigenvalue weighted by atomic mass is 35.5. The molecule has 0 saturated carbocycles. The lowest BCUT2D eigenvalue weighted by atomic mass is 9.89. The molecule has 2 aromatic rings. The first-order chi connectivity index (χ1) is 18.4. The second kappa shape index (κ2) is 11.6. The summed E-state index contributed by atoms with van der Waals surface area (Å²) in [5.41, 5.74) is 1.93. The Labute approximate surface area is 235 Å². The fourth-order valence-electron chi connectivity index (χ4n) is 5.20. The average molecular weight is 558 g/mol. The van der Waals surface area contributed by atoms with E-state index < -0.39 is 11.4 Å². The second-order valence-corrected chi connectivity index (χ2v) is 11.6. The zero-order valence-electron chi connectivity index (χ0n) is 23.6. The molecule has 0 atom stereocenters. The lowest BCUT2D eigenvalue weighted by Crippen LogP contribution is -2.49. The Balaban J connectivity index is 1.63. The SMILES string of the molecule is C=C(F)C(=NC(=NC)Nc1ccc(C2CCN(C)CC2)c(F)c1)c1cc(Cl)c2c(c1)N(C(C)C)CC(C)(C)O2. The van der Waals surface area contributed by atoms with Gasteiger partial charge in [-0.2, -0.15) is 0 Å². The molecule has 9 heteroatoms. The maximum Gasteiger partial charge on any atom is 0.222 e. The third-order valence-electron chi connectivity index (χ3n) is 7.26. The molecule has 6 nitrogen and oxygen atoms in total. The molecule has 1 saturated heterocycles. The number of nitrogens with one attached hydrogen (secondary N) is 1. The van der Waals surface area contributed by atoms with E-state index in [1.807, 2.05) is 26.0 Å². The first-order valence-corrected chi connectivity index (χ1v) is 13.7. The largest absolute Gasteiger partial charge is 0.482 e. The van der Waals surface area contributed by atoms with E-state index in [9.17, 15) is 4.39 Å². The number of ether oxygens (including phenoxy) is 1. The van der Waals surface area contributed by atoms with Crippen molar-refractivity contribution in [1.29, 1.82) is 0 Å². The minimum Gasteiger partial charge on any atom is -0.482 e. The van der Waals surface area contributed by atoms with Crippen molar-refractivity contribution < 1.29 is 13.5 Å². The molecule has 0 bridgehead atoms. The van der Waals surface area contributed by atoms with Crippen LogP contribution in [0.1, 0.15) is 57.6 Å². The number of guanidine groups is 1. The molecule has 4 rings (SSSR count). The number of fused-ring (bicyclic) bond motifs is 1. The maximum absolute atomic E-state index is 15.1. The fourth-order valence-corrected chi connectivity index (χ4v) is 5.45. The van der Waals surface area contributed by atoms with Crippen molar-refractivity contribution in [3.05, 3.63) is 64.7 Å². The number of nitrogens with zero attached hydrogens (tertiary/aromatic N) is 4. The molecule has 210 valence electrons. The summed E-state index contributed by atoms with van der Waals surface area (Å²) < 4.78 is 36.1. The Bertz CT molecular complexity index is 1300. The summed E-state index contributed by atoms with van der Waals surface area (Å²) >= 11 is 6.65. The van der Waals surface area contributed by atoms with Gasteiger partial charge in [0.25, 0.3) is 0 Å². The molecule has 0 spiro atoms. The molecule has 0 amide bonds. The highest BCUT2D eigenvalue weighted by molar-refractivity contribution is 6.33. The number of hydrogen-bond acceptors (Lipinski definition) is 4. The topological polar surface area (TPSA) is 52.5 Å². The van der Waals surface area contributed by atoms with Gasteiger partial charge in [0.1, 0.15) is 23.0 Å². The first kappa shape index (κ1) is 29.0. The molecular weight excluding hydrogens is 520 g/mol. The van der Waals surface area contributed by atoms with Gasteiger partial charge in [0.05, 0.1) is 17.3 Å². The number of piperidine rings is 1. The van der Waals surface area contributed by atoms with Crippen LogP contribution in [0.25, 0.3) is 0 Å². The second-order valence-electron chi connectivity index (χ2n) is 11.2. The molecule has 1 fully saturated rings. The number of aliphatic imine (C=N–C) groups is 2. The molecular formula is C30H38ClF2N5O. The zero-order chi connectivity index (χ0) is 28.5. The molecule has 2 aliphatic rings. The summed E-state index contributed by atoms with van der Waals surface area (Å²) in [7, 11) is 3.61. The van der Waals surface area contributed by atoms with E-state index in [0.29, 0.717) is 34.1 Å². The van der Waals surface area contributed by atoms with Crippen LogP contribution in [0.2, 0.25) is 5.02 Å². The molecule has 39 heavy (non-hydrogen) atoms. The molecule has 0 aliphatic carbocycles. The molecule has 0 unspecified atom stereocenters. The van der Waals surface area contributed by atoms with Crippen molar-refractivity contribution in [2.75, 3.05) is 43.9 Å². The summed E-state index contributed by atoms with van der Waals surface area (Å²) in [5, 5.41) is 3.37. The third kappa shape index (κ3) is 6.61. The predicted octanol–water partition coefficient (Wildman–Crippen LogP) is 7.04. The van der Waals surface area contributed by atoms with E-state index in [0.717, 1.165) is 31.6 Å². The van der Waals surface area contributed by atoms with E-state index in [1.165, 1.54) is 13.1 Å². The van der Waals surface area contributed by atoms with Crippen LogP contribution in [-0.2, 0) is 0 Å². The number of likely N-dealkylation sites (tertiary alicyclic amines) is 1. The Morgan fingerprint density at radius 2 is 1.90 bits per heavy atom. The van der Waals surface area contributed by atoms with Gasteiger partial charge >= 0.3 is 0 Å². The summed E-state index contributed by atoms with van der Waals surface area (Å²) in [4.78, 5) is 13.0. The number of anilines is 2. The molecule has 2 heterocycles. The molecule has 0 radical (unpaired) electrons. The van der Waals surface area contributed by atoms with Gasteiger partial charge in [-0.05, 0) is 96.4 Å². The quantitative estimate of drug-likeness (QED) is 0.316. The normalized spacial score (nSPS) is 18.7. The molecule has 1 N–H and O–H groups in total. The van der Waals surface area contributed by atoms with E-state index in [1.54, 1.807) is 12.1 Å². The predicted molar refractivity (Wildman–Crippen MR) is 158 cm³/mol. The standard InChI is InChI=1S/C30H38ClF2N5O/c1-18(2)38-17-30(4,5)39-28-24(31)14-21(15-26(28)38)27(19(3)32)36-29(34-6)35-22-8-9-23(25(33)16-22)20-10-12-37(7)13-11-20/h8-9,14-16,18,20H,3,10-13,17H2,1-2,4-7H3,(H,34,35). The minimum atomic E-state index is -0.745. The molecule has 0 aromatic heterocycles. The van der Waals surface area contributed by atoms with Crippen molar-refractivity contribution in [3.63, 3.8) is 0 Å². The van der Waals surface area contributed by atoms with Crippen LogP contribution in [0.5, 0.6) is 5.75 Å². The summed E-state index contributed by atoms with van der Waals surface area (Å²) in [6.45, 7) is 14.2. The lowest BCUT2D eigenvalue weighted by Gasteiger charge is -2.43. The summed E-state index contributed by atoms with van der Waals surface area (Å²) in [6, 6.07) is 8.64. The van der Waals surface area contributed by atoms with Gasteiger partial charge in [0.2, 0.25) is 5.96 Å². The van der Waals surface area contributed by atoms with Crippen molar-refractivity contribution in [1.82, 2.24) is 4.90 Å². The Morgan fingerprint density at radius 1 is 1.21 bits per heavy atom. The number of hydrogen-bond donors (Lipinski definition) is 1. The van der Waals surface area contributed by atoms with Gasteiger partial charge in [0, 0.05) is 24.3 Å². The van der Waals surface area contributed by atoms with Crippen molar-refractivity contribution in [2.24, 2.45) is 9.98 Å². The van der Waals surface area contributed by atoms with Crippen LogP contribution < -0.4 is 15.0 Å². The van der Waals surface area contributed by atoms with Gasteiger partial charge in [-0.15, -0.1) is 0 Å². The van der Waals surface area contributed by atoms with Gasteiger partial charge in [0.15, 0.2) is 5.75 Å². The number of rotatable bonds is 5. The number of halogens is 3. The fraction of sp³-hybridized carbons (Fsp3) is 0.467. The number of allylic oxidation sites excluding steroid dienone is 1. The maximum atomic E-state index is 15.1. The Kier molecular flexibility index (Phi) is 8.66. The first-order valence-electron chi connectivity index (χ1n) is 13.3. The van der Waals surface area contributed by atoms with Gasteiger partial charge < -0.3 is 19.9 Å². The summed E-state index contributed by atoms with van der Waals surface area (Å²) in [6.07, 6.45) is 1.85. The van der Waals surface area contributed by atoms with E-state index >= 15 is 4.39 Å². The summed E-state index contributed by atoms with van der Waals surface area (Å²) in [5.74, 6) is -0.157.